The van der Waals surface area contributed by atoms with E-state index in [-0.39, 0.29) is 0 Å². The van der Waals surface area contributed by atoms with Crippen LogP contribution in [0.5, 0.6) is 0 Å². The van der Waals surface area contributed by atoms with Gasteiger partial charge in [0.25, 0.3) is 0 Å². The molecule has 2 aliphatic rings. The minimum Gasteiger partial charge on any atom is -0.0699 e. The molecule has 0 saturated heterocycles. The number of allylic oxidation sites excluding steroid dienone is 2. The summed E-state index contributed by atoms with van der Waals surface area (Å²) in [6.07, 6.45) is 6.88. The minimum atomic E-state index is 0.462. The number of hydrogen-bond donors (Lipinski definition) is 0. The van der Waals surface area contributed by atoms with Crippen molar-refractivity contribution < 1.29 is 0 Å². The molecule has 0 aromatic rings. The third-order valence-electron chi connectivity index (χ3n) is 6.25. The second-order valence-corrected chi connectivity index (χ2v) is 7.44. The van der Waals surface area contributed by atoms with Crippen molar-refractivity contribution in [3.05, 3.63) is 11.1 Å². The van der Waals surface area contributed by atoms with Gasteiger partial charge in [-0.2, -0.15) is 0 Å². The third-order valence-corrected chi connectivity index (χ3v) is 6.25. The Kier molecular flexibility index (Phi) is 3.21. The first-order chi connectivity index (χ1) is 7.83. The molecule has 98 valence electrons. The van der Waals surface area contributed by atoms with E-state index in [2.05, 4.69) is 41.5 Å². The molecule has 0 saturated carbocycles. The van der Waals surface area contributed by atoms with Gasteiger partial charge in [0.15, 0.2) is 0 Å². The maximum Gasteiger partial charge on any atom is -0.0139 e. The van der Waals surface area contributed by atoms with Crippen LogP contribution < -0.4 is 0 Å². The minimum absolute atomic E-state index is 0.462. The van der Waals surface area contributed by atoms with E-state index in [1.165, 1.54) is 32.1 Å². The van der Waals surface area contributed by atoms with E-state index in [4.69, 9.17) is 0 Å². The van der Waals surface area contributed by atoms with Crippen LogP contribution in [0.1, 0.15) is 73.6 Å². The van der Waals surface area contributed by atoms with Crippen molar-refractivity contribution in [3.8, 4) is 0 Å². The van der Waals surface area contributed by atoms with Gasteiger partial charge in [0.2, 0.25) is 0 Å². The smallest absolute Gasteiger partial charge is 0.0139 e. The first kappa shape index (κ1) is 13.2. The van der Waals surface area contributed by atoms with Crippen LogP contribution in [0.25, 0.3) is 0 Å². The summed E-state index contributed by atoms with van der Waals surface area (Å²) in [5.41, 5.74) is 4.65. The molecular formula is C17H30. The molecule has 0 heterocycles. The SMILES string of the molecule is CC[C@]1(C)[C@H](C)CC2=C([C@H]1C)C(C)(C)CCC2. The van der Waals surface area contributed by atoms with Gasteiger partial charge in [0.1, 0.15) is 0 Å². The summed E-state index contributed by atoms with van der Waals surface area (Å²) in [5, 5.41) is 0. The summed E-state index contributed by atoms with van der Waals surface area (Å²) >= 11 is 0. The lowest BCUT2D eigenvalue weighted by Crippen LogP contribution is -2.42. The topological polar surface area (TPSA) is 0 Å². The molecule has 17 heavy (non-hydrogen) atoms. The first-order valence-corrected chi connectivity index (χ1v) is 7.55. The Hall–Kier alpha value is -0.260. The van der Waals surface area contributed by atoms with E-state index >= 15 is 0 Å². The third kappa shape index (κ3) is 1.88. The zero-order chi connectivity index (χ0) is 12.8. The van der Waals surface area contributed by atoms with Crippen LogP contribution in [-0.4, -0.2) is 0 Å². The lowest BCUT2D eigenvalue weighted by molar-refractivity contribution is 0.0869. The summed E-state index contributed by atoms with van der Waals surface area (Å²) in [7, 11) is 0. The van der Waals surface area contributed by atoms with Gasteiger partial charge < -0.3 is 0 Å². The average Bonchev–Trinajstić information content (AvgIpc) is 2.24. The highest BCUT2D eigenvalue weighted by Crippen LogP contribution is 2.57. The second-order valence-electron chi connectivity index (χ2n) is 7.44. The Morgan fingerprint density at radius 2 is 1.82 bits per heavy atom. The van der Waals surface area contributed by atoms with Gasteiger partial charge in [-0.25, -0.2) is 0 Å². The molecule has 0 radical (unpaired) electrons. The average molecular weight is 234 g/mol. The number of hydrogen-bond acceptors (Lipinski definition) is 0. The highest BCUT2D eigenvalue weighted by atomic mass is 14.5. The van der Waals surface area contributed by atoms with Gasteiger partial charge >= 0.3 is 0 Å². The Bertz CT molecular complexity index is 334. The zero-order valence-electron chi connectivity index (χ0n) is 12.7. The number of rotatable bonds is 1. The van der Waals surface area contributed by atoms with Gasteiger partial charge in [-0.05, 0) is 54.8 Å². The predicted octanol–water partition coefficient (Wildman–Crippen LogP) is 5.59. The largest absolute Gasteiger partial charge is 0.0699 e. The van der Waals surface area contributed by atoms with Gasteiger partial charge in [-0.1, -0.05) is 52.7 Å². The van der Waals surface area contributed by atoms with E-state index < -0.39 is 0 Å². The fourth-order valence-electron chi connectivity index (χ4n) is 4.61. The van der Waals surface area contributed by atoms with Crippen LogP contribution >= 0.6 is 0 Å². The fourth-order valence-corrected chi connectivity index (χ4v) is 4.61. The van der Waals surface area contributed by atoms with Crippen LogP contribution in [0.2, 0.25) is 0 Å². The van der Waals surface area contributed by atoms with Crippen molar-refractivity contribution in [3.63, 3.8) is 0 Å². The molecular weight excluding hydrogens is 204 g/mol. The Morgan fingerprint density at radius 3 is 2.41 bits per heavy atom. The second kappa shape index (κ2) is 4.14. The highest BCUT2D eigenvalue weighted by Gasteiger charge is 2.46. The summed E-state index contributed by atoms with van der Waals surface area (Å²) < 4.78 is 0. The molecule has 0 N–H and O–H groups in total. The Balaban J connectivity index is 2.47. The van der Waals surface area contributed by atoms with Crippen molar-refractivity contribution in [1.82, 2.24) is 0 Å². The van der Waals surface area contributed by atoms with Crippen molar-refractivity contribution in [2.75, 3.05) is 0 Å². The molecule has 0 nitrogen and oxygen atoms in total. The quantitative estimate of drug-likeness (QED) is 0.519. The molecule has 0 aliphatic heterocycles. The van der Waals surface area contributed by atoms with E-state index in [9.17, 15) is 0 Å². The predicted molar refractivity (Wildman–Crippen MR) is 76.0 cm³/mol. The highest BCUT2D eigenvalue weighted by molar-refractivity contribution is 5.31. The normalized spacial score (nSPS) is 41.3. The standard InChI is InChI=1S/C17H30/c1-7-17(6)12(2)11-14-9-8-10-16(4,5)15(14)13(17)3/h12-13H,7-11H2,1-6H3/t12-,13-,17-/m1/s1. The molecule has 0 unspecified atom stereocenters. The summed E-state index contributed by atoms with van der Waals surface area (Å²) in [5.74, 6) is 1.64. The molecule has 0 bridgehead atoms. The van der Waals surface area contributed by atoms with Gasteiger partial charge in [0, 0.05) is 0 Å². The Morgan fingerprint density at radius 1 is 1.18 bits per heavy atom. The van der Waals surface area contributed by atoms with Crippen LogP contribution in [0, 0.1) is 22.7 Å². The molecule has 0 aromatic carbocycles. The molecule has 2 rings (SSSR count). The van der Waals surface area contributed by atoms with Crippen molar-refractivity contribution in [2.45, 2.75) is 73.6 Å². The molecule has 3 atom stereocenters. The van der Waals surface area contributed by atoms with E-state index in [1.807, 2.05) is 11.1 Å². The summed E-state index contributed by atoms with van der Waals surface area (Å²) in [6, 6.07) is 0. The van der Waals surface area contributed by atoms with Crippen LogP contribution in [0.15, 0.2) is 11.1 Å². The molecule has 0 spiro atoms. The van der Waals surface area contributed by atoms with Crippen molar-refractivity contribution in [1.29, 1.82) is 0 Å². The molecule has 0 aromatic heterocycles. The van der Waals surface area contributed by atoms with Crippen LogP contribution in [0.3, 0.4) is 0 Å². The molecule has 0 fully saturated rings. The zero-order valence-corrected chi connectivity index (χ0v) is 12.7. The van der Waals surface area contributed by atoms with E-state index in [1.54, 1.807) is 0 Å². The maximum atomic E-state index is 2.52. The Labute approximate surface area is 108 Å². The van der Waals surface area contributed by atoms with E-state index in [0.29, 0.717) is 10.8 Å². The van der Waals surface area contributed by atoms with Crippen LogP contribution in [0.4, 0.5) is 0 Å². The molecule has 0 amide bonds. The molecule has 2 aliphatic carbocycles. The van der Waals surface area contributed by atoms with E-state index in [0.717, 1.165) is 11.8 Å². The van der Waals surface area contributed by atoms with Crippen molar-refractivity contribution >= 4 is 0 Å². The fraction of sp³-hybridized carbons (Fsp3) is 0.882. The molecule has 0 heteroatoms. The monoisotopic (exact) mass is 234 g/mol. The van der Waals surface area contributed by atoms with Gasteiger partial charge in [-0.3, -0.25) is 0 Å². The maximum absolute atomic E-state index is 2.52. The van der Waals surface area contributed by atoms with Crippen LogP contribution in [-0.2, 0) is 0 Å². The lowest BCUT2D eigenvalue weighted by atomic mass is 9.53. The summed E-state index contributed by atoms with van der Waals surface area (Å²) in [6.45, 7) is 14.8. The lowest BCUT2D eigenvalue weighted by Gasteiger charge is -2.52. The van der Waals surface area contributed by atoms with Gasteiger partial charge in [0.05, 0.1) is 0 Å². The summed E-state index contributed by atoms with van der Waals surface area (Å²) in [4.78, 5) is 0. The first-order valence-electron chi connectivity index (χ1n) is 7.55. The van der Waals surface area contributed by atoms with Crippen molar-refractivity contribution in [2.24, 2.45) is 22.7 Å². The van der Waals surface area contributed by atoms with Gasteiger partial charge in [-0.15, -0.1) is 0 Å².